The van der Waals surface area contributed by atoms with Gasteiger partial charge in [0.1, 0.15) is 22.9 Å². The van der Waals surface area contributed by atoms with E-state index in [9.17, 15) is 18.6 Å². The summed E-state index contributed by atoms with van der Waals surface area (Å²) in [6.07, 6.45) is 3.03. The van der Waals surface area contributed by atoms with Crippen molar-refractivity contribution in [1.29, 1.82) is 0 Å². The lowest BCUT2D eigenvalue weighted by atomic mass is 9.88. The SMILES string of the molecule is C=CCC1(CC=C)C(C)=C(C(=O)OC(c2ccccc2)c2ccccc2)N2C(=O)[C@@H](NC(=O)COc3ccccc3)[C@H]2S1=O. The first-order chi connectivity index (χ1) is 21.3. The summed E-state index contributed by atoms with van der Waals surface area (Å²) in [5, 5.41) is 1.68. The second-order valence-electron chi connectivity index (χ2n) is 10.6. The Balaban J connectivity index is 1.48. The zero-order valence-electron chi connectivity index (χ0n) is 24.4. The van der Waals surface area contributed by atoms with E-state index in [0.717, 1.165) is 11.1 Å². The molecule has 0 spiro atoms. The van der Waals surface area contributed by atoms with Crippen molar-refractivity contribution >= 4 is 28.6 Å². The van der Waals surface area contributed by atoms with E-state index in [1.54, 1.807) is 43.3 Å². The molecule has 3 aromatic rings. The Kier molecular flexibility index (Phi) is 9.25. The van der Waals surface area contributed by atoms with E-state index in [-0.39, 0.29) is 25.1 Å². The number of hydrogen-bond donors (Lipinski definition) is 1. The van der Waals surface area contributed by atoms with Gasteiger partial charge in [0, 0.05) is 0 Å². The van der Waals surface area contributed by atoms with E-state index < -0.39 is 50.8 Å². The van der Waals surface area contributed by atoms with Gasteiger partial charge < -0.3 is 14.8 Å². The predicted molar refractivity (Wildman–Crippen MR) is 169 cm³/mol. The number of nitrogens with zero attached hydrogens (tertiary/aromatic N) is 1. The first kappa shape index (κ1) is 30.7. The highest BCUT2D eigenvalue weighted by molar-refractivity contribution is 7.87. The van der Waals surface area contributed by atoms with Crippen LogP contribution < -0.4 is 10.1 Å². The lowest BCUT2D eigenvalue weighted by molar-refractivity contribution is -0.155. The molecule has 5 rings (SSSR count). The number of nitrogens with one attached hydrogen (secondary N) is 1. The molecule has 0 aromatic heterocycles. The lowest BCUT2D eigenvalue weighted by Crippen LogP contribution is -2.76. The normalized spacial score (nSPS) is 20.3. The molecule has 1 saturated heterocycles. The summed E-state index contributed by atoms with van der Waals surface area (Å²) in [4.78, 5) is 41.9. The number of esters is 1. The van der Waals surface area contributed by atoms with Crippen molar-refractivity contribution in [1.82, 2.24) is 10.2 Å². The molecule has 1 N–H and O–H groups in total. The Bertz CT molecular complexity index is 1560. The van der Waals surface area contributed by atoms with E-state index in [0.29, 0.717) is 11.3 Å². The number of carbonyl (C=O) groups is 3. The Labute approximate surface area is 259 Å². The van der Waals surface area contributed by atoms with Gasteiger partial charge >= 0.3 is 5.97 Å². The molecule has 3 aromatic carbocycles. The fourth-order valence-electron chi connectivity index (χ4n) is 5.73. The fourth-order valence-corrected chi connectivity index (χ4v) is 7.99. The summed E-state index contributed by atoms with van der Waals surface area (Å²) in [5.41, 5.74) is 1.97. The molecule has 0 aliphatic carbocycles. The quantitative estimate of drug-likeness (QED) is 0.176. The zero-order valence-corrected chi connectivity index (χ0v) is 25.2. The van der Waals surface area contributed by atoms with Gasteiger partial charge in [-0.15, -0.1) is 13.2 Å². The number of para-hydroxylation sites is 1. The van der Waals surface area contributed by atoms with E-state index in [1.165, 1.54) is 4.90 Å². The van der Waals surface area contributed by atoms with E-state index in [2.05, 4.69) is 18.5 Å². The molecular formula is C35H34N2O6S. The second kappa shape index (κ2) is 13.3. The number of amides is 2. The van der Waals surface area contributed by atoms with Crippen molar-refractivity contribution in [3.8, 4) is 5.75 Å². The molecule has 0 bridgehead atoms. The van der Waals surface area contributed by atoms with Crippen LogP contribution in [0.4, 0.5) is 0 Å². The maximum Gasteiger partial charge on any atom is 0.356 e. The molecule has 8 nitrogen and oxygen atoms in total. The van der Waals surface area contributed by atoms with Gasteiger partial charge in [-0.1, -0.05) is 91.0 Å². The van der Waals surface area contributed by atoms with E-state index in [1.807, 2.05) is 66.7 Å². The summed E-state index contributed by atoms with van der Waals surface area (Å²) in [6.45, 7) is 9.11. The van der Waals surface area contributed by atoms with E-state index in [4.69, 9.17) is 9.47 Å². The fraction of sp³-hybridized carbons (Fsp3) is 0.229. The van der Waals surface area contributed by atoms with Gasteiger partial charge in [-0.25, -0.2) is 4.79 Å². The monoisotopic (exact) mass is 610 g/mol. The maximum absolute atomic E-state index is 14.3. The number of β-lactam (4-membered cyclic amide) rings is 1. The van der Waals surface area contributed by atoms with Crippen LogP contribution in [0.1, 0.15) is 37.0 Å². The molecular weight excluding hydrogens is 576 g/mol. The Hall–Kier alpha value is -4.76. The topological polar surface area (TPSA) is 102 Å². The first-order valence-corrected chi connectivity index (χ1v) is 15.5. The second-order valence-corrected chi connectivity index (χ2v) is 12.5. The third-order valence-electron chi connectivity index (χ3n) is 7.93. The minimum absolute atomic E-state index is 0.0196. The minimum Gasteiger partial charge on any atom is -0.484 e. The van der Waals surface area contributed by atoms with Gasteiger partial charge in [0.25, 0.3) is 11.8 Å². The molecule has 0 radical (unpaired) electrons. The van der Waals surface area contributed by atoms with Crippen molar-refractivity contribution in [2.24, 2.45) is 0 Å². The molecule has 2 aliphatic heterocycles. The Morgan fingerprint density at radius 1 is 0.932 bits per heavy atom. The third kappa shape index (κ3) is 5.75. The number of allylic oxidation sites excluding steroid dienone is 2. The van der Waals surface area contributed by atoms with Crippen LogP contribution in [-0.4, -0.2) is 49.7 Å². The van der Waals surface area contributed by atoms with Crippen LogP contribution in [0.5, 0.6) is 5.75 Å². The molecule has 226 valence electrons. The average Bonchev–Trinajstić information content (AvgIpc) is 3.05. The van der Waals surface area contributed by atoms with Gasteiger partial charge in [-0.2, -0.15) is 0 Å². The third-order valence-corrected chi connectivity index (χ3v) is 10.3. The smallest absolute Gasteiger partial charge is 0.356 e. The molecule has 44 heavy (non-hydrogen) atoms. The van der Waals surface area contributed by atoms with Gasteiger partial charge in [0.05, 0.1) is 15.5 Å². The number of fused-ring (bicyclic) bond motifs is 1. The van der Waals surface area contributed by atoms with Crippen molar-refractivity contribution < 1.29 is 28.1 Å². The standard InChI is InChI=1S/C35H34N2O6S/c1-4-21-35(22-5-2)24(3)30(34(40)43-31(25-15-9-6-10-16-25)26-17-11-7-12-18-26)37-32(39)29(33(37)44(35)41)36-28(38)23-42-27-19-13-8-14-20-27/h4-20,29,31,33H,1-2,21-23H2,3H3,(H,36,38)/t29-,33-,44?/m1/s1. The summed E-state index contributed by atoms with van der Waals surface area (Å²) in [5.74, 6) is -1.34. The minimum atomic E-state index is -1.74. The van der Waals surface area contributed by atoms with Gasteiger partial charge in [-0.05, 0) is 48.6 Å². The van der Waals surface area contributed by atoms with Crippen molar-refractivity contribution in [3.05, 3.63) is 139 Å². The number of carbonyl (C=O) groups excluding carboxylic acids is 3. The van der Waals surface area contributed by atoms with Crippen molar-refractivity contribution in [2.45, 2.75) is 42.0 Å². The highest BCUT2D eigenvalue weighted by Crippen LogP contribution is 2.48. The largest absolute Gasteiger partial charge is 0.484 e. The highest BCUT2D eigenvalue weighted by Gasteiger charge is 2.63. The Morgan fingerprint density at radius 3 is 1.98 bits per heavy atom. The lowest BCUT2D eigenvalue weighted by Gasteiger charge is -2.54. The summed E-state index contributed by atoms with van der Waals surface area (Å²) in [6, 6.07) is 26.3. The van der Waals surface area contributed by atoms with Crippen LogP contribution in [0.15, 0.2) is 128 Å². The van der Waals surface area contributed by atoms with Crippen molar-refractivity contribution in [2.75, 3.05) is 6.61 Å². The number of hydrogen-bond acceptors (Lipinski definition) is 6. The number of benzene rings is 3. The van der Waals surface area contributed by atoms with Crippen LogP contribution in [0, 0.1) is 0 Å². The summed E-state index contributed by atoms with van der Waals surface area (Å²) >= 11 is 0. The first-order valence-electron chi connectivity index (χ1n) is 14.3. The molecule has 9 heteroatoms. The molecule has 2 amide bonds. The Morgan fingerprint density at radius 2 is 1.45 bits per heavy atom. The number of ether oxygens (including phenoxy) is 2. The molecule has 0 saturated carbocycles. The molecule has 1 unspecified atom stereocenters. The molecule has 2 aliphatic rings. The van der Waals surface area contributed by atoms with Crippen LogP contribution in [0.25, 0.3) is 0 Å². The van der Waals surface area contributed by atoms with Crippen LogP contribution in [-0.2, 0) is 29.9 Å². The average molecular weight is 611 g/mol. The number of rotatable bonds is 12. The van der Waals surface area contributed by atoms with E-state index >= 15 is 0 Å². The van der Waals surface area contributed by atoms with Gasteiger partial charge in [-0.3, -0.25) is 18.7 Å². The van der Waals surface area contributed by atoms with Crippen LogP contribution >= 0.6 is 0 Å². The molecule has 3 atom stereocenters. The van der Waals surface area contributed by atoms with Gasteiger partial charge in [0.2, 0.25) is 0 Å². The highest BCUT2D eigenvalue weighted by atomic mass is 32.2. The summed E-state index contributed by atoms with van der Waals surface area (Å²) < 4.78 is 24.9. The van der Waals surface area contributed by atoms with Crippen LogP contribution in [0.3, 0.4) is 0 Å². The molecule has 2 heterocycles. The maximum atomic E-state index is 14.3. The van der Waals surface area contributed by atoms with Crippen LogP contribution in [0.2, 0.25) is 0 Å². The predicted octanol–water partition coefficient (Wildman–Crippen LogP) is 4.98. The van der Waals surface area contributed by atoms with Gasteiger partial charge in [0.15, 0.2) is 12.7 Å². The zero-order chi connectivity index (χ0) is 31.3. The summed E-state index contributed by atoms with van der Waals surface area (Å²) in [7, 11) is -1.74. The molecule has 1 fully saturated rings. The van der Waals surface area contributed by atoms with Crippen molar-refractivity contribution in [3.63, 3.8) is 0 Å².